The average molecular weight is 343 g/mol. The van der Waals surface area contributed by atoms with Gasteiger partial charge >= 0.3 is 0 Å². The van der Waals surface area contributed by atoms with Gasteiger partial charge in [0.2, 0.25) is 11.8 Å². The van der Waals surface area contributed by atoms with Crippen LogP contribution in [0.4, 0.5) is 5.82 Å². The van der Waals surface area contributed by atoms with Crippen LogP contribution in [-0.4, -0.2) is 54.9 Å². The van der Waals surface area contributed by atoms with E-state index in [2.05, 4.69) is 10.5 Å². The third-order valence-corrected chi connectivity index (χ3v) is 5.53. The number of hydrogen-bond donors (Lipinski definition) is 1. The van der Waals surface area contributed by atoms with Crippen molar-refractivity contribution in [1.82, 2.24) is 10.1 Å². The summed E-state index contributed by atoms with van der Waals surface area (Å²) < 4.78 is 27.8. The normalized spacial score (nSPS) is 17.8. The molecule has 2 rings (SSSR count). The van der Waals surface area contributed by atoms with E-state index in [0.29, 0.717) is 37.5 Å². The standard InChI is InChI=1S/C14H21N3O5S/c1-9-8-12(16-22-9)15-13(18)11-4-6-17(7-5-11)14(19)10(2)23(3,20)21/h8,10-11H,4-7H2,1-3H3,(H,15,16,18)/t10-/m1/s1. The van der Waals surface area contributed by atoms with Crippen molar-refractivity contribution in [1.29, 1.82) is 0 Å². The Morgan fingerprint density at radius 3 is 2.48 bits per heavy atom. The van der Waals surface area contributed by atoms with E-state index in [1.54, 1.807) is 13.0 Å². The van der Waals surface area contributed by atoms with Crippen LogP contribution >= 0.6 is 0 Å². The van der Waals surface area contributed by atoms with Gasteiger partial charge < -0.3 is 14.7 Å². The molecular formula is C14H21N3O5S. The number of nitrogens with zero attached hydrogens (tertiary/aromatic N) is 2. The number of amides is 2. The highest BCUT2D eigenvalue weighted by Crippen LogP contribution is 2.21. The number of likely N-dealkylation sites (tertiary alicyclic amines) is 1. The van der Waals surface area contributed by atoms with Crippen LogP contribution in [0.15, 0.2) is 10.6 Å². The van der Waals surface area contributed by atoms with E-state index in [1.807, 2.05) is 0 Å². The summed E-state index contributed by atoms with van der Waals surface area (Å²) >= 11 is 0. The zero-order valence-corrected chi connectivity index (χ0v) is 14.2. The average Bonchev–Trinajstić information content (AvgIpc) is 2.90. The molecule has 0 aliphatic carbocycles. The minimum atomic E-state index is -3.41. The van der Waals surface area contributed by atoms with Gasteiger partial charge in [-0.15, -0.1) is 0 Å². The summed E-state index contributed by atoms with van der Waals surface area (Å²) in [7, 11) is -3.41. The number of aromatic nitrogens is 1. The summed E-state index contributed by atoms with van der Waals surface area (Å²) in [4.78, 5) is 25.8. The summed E-state index contributed by atoms with van der Waals surface area (Å²) in [5.74, 6) is 0.178. The Morgan fingerprint density at radius 2 is 2.00 bits per heavy atom. The molecule has 1 N–H and O–H groups in total. The molecule has 0 saturated carbocycles. The maximum absolute atomic E-state index is 12.2. The van der Waals surface area contributed by atoms with Crippen molar-refractivity contribution in [3.8, 4) is 0 Å². The highest BCUT2D eigenvalue weighted by atomic mass is 32.2. The highest BCUT2D eigenvalue weighted by Gasteiger charge is 2.32. The van der Waals surface area contributed by atoms with Gasteiger partial charge in [0.1, 0.15) is 11.0 Å². The Balaban J connectivity index is 1.88. The number of nitrogens with one attached hydrogen (secondary N) is 1. The number of aryl methyl sites for hydroxylation is 1. The van der Waals surface area contributed by atoms with Crippen molar-refractivity contribution in [2.24, 2.45) is 5.92 Å². The Hall–Kier alpha value is -1.90. The maximum atomic E-state index is 12.2. The van der Waals surface area contributed by atoms with Crippen LogP contribution in [0, 0.1) is 12.8 Å². The number of piperidine rings is 1. The van der Waals surface area contributed by atoms with E-state index >= 15 is 0 Å². The van der Waals surface area contributed by atoms with Crippen LogP contribution in [0.25, 0.3) is 0 Å². The second-order valence-electron chi connectivity index (χ2n) is 5.88. The Morgan fingerprint density at radius 1 is 1.39 bits per heavy atom. The molecule has 23 heavy (non-hydrogen) atoms. The predicted molar refractivity (Wildman–Crippen MR) is 83.5 cm³/mol. The Bertz CT molecular complexity index is 689. The van der Waals surface area contributed by atoms with E-state index in [4.69, 9.17) is 4.52 Å². The van der Waals surface area contributed by atoms with Crippen LogP contribution < -0.4 is 5.32 Å². The van der Waals surface area contributed by atoms with Gasteiger partial charge in [0.15, 0.2) is 15.7 Å². The minimum absolute atomic E-state index is 0.165. The summed E-state index contributed by atoms with van der Waals surface area (Å²) in [5.41, 5.74) is 0. The second kappa shape index (κ2) is 6.69. The first-order chi connectivity index (χ1) is 10.7. The zero-order valence-electron chi connectivity index (χ0n) is 13.4. The molecule has 0 bridgehead atoms. The van der Waals surface area contributed by atoms with Crippen molar-refractivity contribution in [2.75, 3.05) is 24.7 Å². The lowest BCUT2D eigenvalue weighted by molar-refractivity contribution is -0.133. The SMILES string of the molecule is Cc1cc(NC(=O)C2CCN(C(=O)[C@@H](C)S(C)(=O)=O)CC2)no1. The number of carbonyl (C=O) groups is 2. The third-order valence-electron chi connectivity index (χ3n) is 4.05. The van der Waals surface area contributed by atoms with E-state index in [1.165, 1.54) is 11.8 Å². The van der Waals surface area contributed by atoms with E-state index in [-0.39, 0.29) is 11.8 Å². The quantitative estimate of drug-likeness (QED) is 0.857. The number of rotatable bonds is 4. The smallest absolute Gasteiger partial charge is 0.240 e. The number of sulfone groups is 1. The third kappa shape index (κ3) is 4.31. The van der Waals surface area contributed by atoms with Gasteiger partial charge in [0.05, 0.1) is 0 Å². The molecule has 2 heterocycles. The molecule has 8 nitrogen and oxygen atoms in total. The van der Waals surface area contributed by atoms with E-state index in [9.17, 15) is 18.0 Å². The second-order valence-corrected chi connectivity index (χ2v) is 8.25. The van der Waals surface area contributed by atoms with Gasteiger partial charge in [-0.05, 0) is 26.7 Å². The van der Waals surface area contributed by atoms with Crippen LogP contribution in [0.2, 0.25) is 0 Å². The van der Waals surface area contributed by atoms with Gasteiger partial charge in [0.25, 0.3) is 0 Å². The molecule has 1 atom stereocenters. The number of carbonyl (C=O) groups excluding carboxylic acids is 2. The molecule has 1 aliphatic rings. The molecule has 1 aliphatic heterocycles. The van der Waals surface area contributed by atoms with Gasteiger partial charge in [-0.2, -0.15) is 0 Å². The van der Waals surface area contributed by atoms with Gasteiger partial charge in [-0.1, -0.05) is 5.16 Å². The molecule has 1 aromatic heterocycles. The Kier molecular flexibility index (Phi) is 5.08. The van der Waals surface area contributed by atoms with E-state index < -0.39 is 21.0 Å². The lowest BCUT2D eigenvalue weighted by Crippen LogP contribution is -2.46. The monoisotopic (exact) mass is 343 g/mol. The summed E-state index contributed by atoms with van der Waals surface area (Å²) in [6.07, 6.45) is 2.03. The lowest BCUT2D eigenvalue weighted by Gasteiger charge is -2.32. The zero-order chi connectivity index (χ0) is 17.2. The maximum Gasteiger partial charge on any atom is 0.240 e. The predicted octanol–water partition coefficient (Wildman–Crippen LogP) is 0.593. The number of anilines is 1. The first-order valence-electron chi connectivity index (χ1n) is 7.40. The molecule has 1 saturated heterocycles. The lowest BCUT2D eigenvalue weighted by atomic mass is 9.95. The van der Waals surface area contributed by atoms with Crippen molar-refractivity contribution in [3.63, 3.8) is 0 Å². The molecule has 0 spiro atoms. The molecule has 0 radical (unpaired) electrons. The fourth-order valence-electron chi connectivity index (χ4n) is 2.46. The largest absolute Gasteiger partial charge is 0.360 e. The van der Waals surface area contributed by atoms with Crippen LogP contribution in [0.1, 0.15) is 25.5 Å². The molecule has 2 amide bonds. The fourth-order valence-corrected chi connectivity index (χ4v) is 2.97. The van der Waals surface area contributed by atoms with Gasteiger partial charge in [-0.3, -0.25) is 9.59 Å². The topological polar surface area (TPSA) is 110 Å². The molecule has 1 fully saturated rings. The summed E-state index contributed by atoms with van der Waals surface area (Å²) in [5, 5.41) is 5.34. The minimum Gasteiger partial charge on any atom is -0.360 e. The summed E-state index contributed by atoms with van der Waals surface area (Å²) in [6, 6.07) is 1.63. The van der Waals surface area contributed by atoms with Crippen LogP contribution in [0.5, 0.6) is 0 Å². The molecule has 0 aromatic carbocycles. The molecule has 9 heteroatoms. The Labute approximate surface area is 135 Å². The molecule has 128 valence electrons. The van der Waals surface area contributed by atoms with Gasteiger partial charge in [0, 0.05) is 31.3 Å². The van der Waals surface area contributed by atoms with Crippen molar-refractivity contribution in [3.05, 3.63) is 11.8 Å². The molecular weight excluding hydrogens is 322 g/mol. The first kappa shape index (κ1) is 17.5. The van der Waals surface area contributed by atoms with Crippen LogP contribution in [0.3, 0.4) is 0 Å². The van der Waals surface area contributed by atoms with Crippen LogP contribution in [-0.2, 0) is 19.4 Å². The number of hydrogen-bond acceptors (Lipinski definition) is 6. The summed E-state index contributed by atoms with van der Waals surface area (Å²) in [6.45, 7) is 3.86. The fraction of sp³-hybridized carbons (Fsp3) is 0.643. The van der Waals surface area contributed by atoms with E-state index in [0.717, 1.165) is 6.26 Å². The van der Waals surface area contributed by atoms with Crippen molar-refractivity contribution < 1.29 is 22.5 Å². The van der Waals surface area contributed by atoms with Crippen molar-refractivity contribution in [2.45, 2.75) is 31.9 Å². The van der Waals surface area contributed by atoms with Gasteiger partial charge in [-0.25, -0.2) is 8.42 Å². The molecule has 0 unspecified atom stereocenters. The highest BCUT2D eigenvalue weighted by molar-refractivity contribution is 7.92. The van der Waals surface area contributed by atoms with Crippen molar-refractivity contribution >= 4 is 27.5 Å². The first-order valence-corrected chi connectivity index (χ1v) is 9.36. The molecule has 1 aromatic rings.